The van der Waals surface area contributed by atoms with Crippen molar-refractivity contribution in [2.75, 3.05) is 5.75 Å². The monoisotopic (exact) mass is 436 g/mol. The van der Waals surface area contributed by atoms with E-state index in [1.54, 1.807) is 30.6 Å². The van der Waals surface area contributed by atoms with Gasteiger partial charge in [-0.1, -0.05) is 12.1 Å². The number of halogens is 3. The molecular formula is C18H11F3N4O2S2. The van der Waals surface area contributed by atoms with Gasteiger partial charge in [-0.3, -0.25) is 14.3 Å². The Balaban J connectivity index is 1.82. The van der Waals surface area contributed by atoms with Crippen LogP contribution in [0.2, 0.25) is 0 Å². The number of benzene rings is 1. The number of rotatable bonds is 4. The Bertz CT molecular complexity index is 1230. The van der Waals surface area contributed by atoms with E-state index in [1.807, 2.05) is 0 Å². The summed E-state index contributed by atoms with van der Waals surface area (Å²) in [6.45, 7) is 0. The van der Waals surface area contributed by atoms with Crippen molar-refractivity contribution in [1.82, 2.24) is 19.5 Å². The lowest BCUT2D eigenvalue weighted by Crippen LogP contribution is -2.25. The number of pyridine rings is 1. The molecule has 148 valence electrons. The van der Waals surface area contributed by atoms with Gasteiger partial charge in [0.1, 0.15) is 21.7 Å². The van der Waals surface area contributed by atoms with E-state index in [4.69, 9.17) is 0 Å². The van der Waals surface area contributed by atoms with Crippen LogP contribution in [0, 0.1) is 0 Å². The smallest absolute Gasteiger partial charge is 0.433 e. The normalized spacial score (nSPS) is 13.0. The number of thiazole rings is 1. The van der Waals surface area contributed by atoms with Crippen molar-refractivity contribution in [3.8, 4) is 16.3 Å². The maximum atomic E-state index is 13.0. The van der Waals surface area contributed by atoms with Gasteiger partial charge in [-0.25, -0.2) is 9.97 Å². The van der Waals surface area contributed by atoms with Crippen LogP contribution in [0.25, 0.3) is 26.6 Å². The van der Waals surface area contributed by atoms with E-state index >= 15 is 0 Å². The molecule has 1 atom stereocenters. The molecule has 0 aliphatic heterocycles. The fourth-order valence-electron chi connectivity index (χ4n) is 2.67. The highest BCUT2D eigenvalue weighted by Gasteiger charge is 2.36. The minimum atomic E-state index is -4.60. The fourth-order valence-corrected chi connectivity index (χ4v) is 4.69. The average Bonchev–Trinajstić information content (AvgIpc) is 3.13. The third-order valence-electron chi connectivity index (χ3n) is 3.89. The fraction of sp³-hybridized carbons (Fsp3) is 0.111. The maximum Gasteiger partial charge on any atom is 0.433 e. The summed E-state index contributed by atoms with van der Waals surface area (Å²) < 4.78 is 51.7. The van der Waals surface area contributed by atoms with E-state index in [0.29, 0.717) is 10.6 Å². The molecule has 0 N–H and O–H groups in total. The number of hydrogen-bond donors (Lipinski definition) is 0. The Kier molecular flexibility index (Phi) is 5.11. The second-order valence-corrected chi connectivity index (χ2v) is 8.32. The van der Waals surface area contributed by atoms with E-state index in [1.165, 1.54) is 24.5 Å². The van der Waals surface area contributed by atoms with Crippen LogP contribution >= 0.6 is 11.3 Å². The molecule has 0 aliphatic rings. The molecule has 4 aromatic rings. The lowest BCUT2D eigenvalue weighted by molar-refractivity contribution is -0.106. The lowest BCUT2D eigenvalue weighted by Gasteiger charge is -2.16. The SMILES string of the molecule is O=c1c2sc(-c3cccnc3)nc2ncn1-c1ccccc1[S+]([O-])CC(F)(F)F. The average molecular weight is 436 g/mol. The molecule has 0 saturated carbocycles. The van der Waals surface area contributed by atoms with Crippen molar-refractivity contribution in [2.24, 2.45) is 0 Å². The summed E-state index contributed by atoms with van der Waals surface area (Å²) >= 11 is -1.26. The zero-order valence-electron chi connectivity index (χ0n) is 14.5. The third-order valence-corrected chi connectivity index (χ3v) is 6.40. The zero-order valence-corrected chi connectivity index (χ0v) is 16.1. The molecule has 1 unspecified atom stereocenters. The minimum absolute atomic E-state index is 0.0887. The van der Waals surface area contributed by atoms with Gasteiger partial charge in [0.25, 0.3) is 5.56 Å². The van der Waals surface area contributed by atoms with Crippen LogP contribution in [0.4, 0.5) is 13.2 Å². The van der Waals surface area contributed by atoms with E-state index in [9.17, 15) is 22.5 Å². The first-order chi connectivity index (χ1) is 13.8. The number of hydrogen-bond acceptors (Lipinski definition) is 6. The summed E-state index contributed by atoms with van der Waals surface area (Å²) in [6.07, 6.45) is -0.200. The van der Waals surface area contributed by atoms with Gasteiger partial charge in [-0.15, -0.1) is 11.3 Å². The van der Waals surface area contributed by atoms with Gasteiger partial charge in [0.15, 0.2) is 10.5 Å². The molecule has 0 amide bonds. The number of nitrogens with zero attached hydrogens (tertiary/aromatic N) is 4. The topological polar surface area (TPSA) is 83.7 Å². The number of alkyl halides is 3. The van der Waals surface area contributed by atoms with E-state index in [-0.39, 0.29) is 20.9 Å². The van der Waals surface area contributed by atoms with Crippen LogP contribution in [-0.2, 0) is 11.2 Å². The van der Waals surface area contributed by atoms with Crippen molar-refractivity contribution >= 4 is 32.9 Å². The first kappa shape index (κ1) is 19.6. The second-order valence-electron chi connectivity index (χ2n) is 5.91. The van der Waals surface area contributed by atoms with Crippen LogP contribution in [0.5, 0.6) is 0 Å². The highest BCUT2D eigenvalue weighted by Crippen LogP contribution is 2.29. The molecule has 0 bridgehead atoms. The third kappa shape index (κ3) is 4.02. The van der Waals surface area contributed by atoms with E-state index in [2.05, 4.69) is 15.0 Å². The van der Waals surface area contributed by atoms with Crippen LogP contribution in [-0.4, -0.2) is 36.0 Å². The van der Waals surface area contributed by atoms with E-state index < -0.39 is 28.7 Å². The molecule has 3 aromatic heterocycles. The van der Waals surface area contributed by atoms with Crippen molar-refractivity contribution in [1.29, 1.82) is 0 Å². The largest absolute Gasteiger partial charge is 0.611 e. The first-order valence-electron chi connectivity index (χ1n) is 8.16. The molecule has 0 aliphatic carbocycles. The standard InChI is InChI=1S/C18H11F3N4O2S2/c19-18(20,21)9-29(27)13-6-2-1-5-12(13)25-10-23-15-14(17(25)26)28-16(24-15)11-4-3-7-22-8-11/h1-8,10H,9H2. The summed E-state index contributed by atoms with van der Waals surface area (Å²) in [5.74, 6) is -1.50. The molecule has 3 heterocycles. The Hall–Kier alpha value is -2.76. The highest BCUT2D eigenvalue weighted by molar-refractivity contribution is 7.91. The molecule has 11 heteroatoms. The predicted octanol–water partition coefficient (Wildman–Crippen LogP) is 3.57. The highest BCUT2D eigenvalue weighted by atomic mass is 32.2. The van der Waals surface area contributed by atoms with E-state index in [0.717, 1.165) is 15.9 Å². The molecule has 4 rings (SSSR count). The van der Waals surface area contributed by atoms with Crippen LogP contribution in [0.3, 0.4) is 0 Å². The summed E-state index contributed by atoms with van der Waals surface area (Å²) in [7, 11) is 0. The number of fused-ring (bicyclic) bond motifs is 1. The van der Waals surface area contributed by atoms with Gasteiger partial charge in [-0.2, -0.15) is 13.2 Å². The summed E-state index contributed by atoms with van der Waals surface area (Å²) in [4.78, 5) is 25.4. The summed E-state index contributed by atoms with van der Waals surface area (Å²) in [5, 5.41) is 0.546. The molecule has 1 aromatic carbocycles. The van der Waals surface area contributed by atoms with Crippen molar-refractivity contribution in [3.05, 3.63) is 65.5 Å². The van der Waals surface area contributed by atoms with Gasteiger partial charge >= 0.3 is 6.18 Å². The van der Waals surface area contributed by atoms with Gasteiger partial charge < -0.3 is 4.55 Å². The number of aromatic nitrogens is 4. The van der Waals surface area contributed by atoms with Crippen molar-refractivity contribution in [2.45, 2.75) is 11.1 Å². The van der Waals surface area contributed by atoms with Gasteiger partial charge in [-0.05, 0) is 35.4 Å². The molecule has 0 fully saturated rings. The first-order valence-corrected chi connectivity index (χ1v) is 10.3. The van der Waals surface area contributed by atoms with Crippen LogP contribution in [0.15, 0.2) is 64.8 Å². The Morgan fingerprint density at radius 1 is 1.17 bits per heavy atom. The molecule has 0 spiro atoms. The summed E-state index contributed by atoms with van der Waals surface area (Å²) in [6, 6.07) is 9.28. The molecular weight excluding hydrogens is 425 g/mol. The summed E-state index contributed by atoms with van der Waals surface area (Å²) in [5.41, 5.74) is 0.530. The van der Waals surface area contributed by atoms with Crippen molar-refractivity contribution in [3.63, 3.8) is 0 Å². The zero-order chi connectivity index (χ0) is 20.6. The maximum absolute atomic E-state index is 13.0. The van der Waals surface area contributed by atoms with Crippen LogP contribution in [0.1, 0.15) is 0 Å². The van der Waals surface area contributed by atoms with Gasteiger partial charge in [0.05, 0.1) is 0 Å². The molecule has 0 radical (unpaired) electrons. The Labute approximate surface area is 168 Å². The number of para-hydroxylation sites is 1. The van der Waals surface area contributed by atoms with Gasteiger partial charge in [0.2, 0.25) is 5.75 Å². The predicted molar refractivity (Wildman–Crippen MR) is 104 cm³/mol. The van der Waals surface area contributed by atoms with Crippen LogP contribution < -0.4 is 5.56 Å². The van der Waals surface area contributed by atoms with Gasteiger partial charge in [0, 0.05) is 18.0 Å². The Morgan fingerprint density at radius 2 is 1.97 bits per heavy atom. The molecule has 29 heavy (non-hydrogen) atoms. The molecule has 6 nitrogen and oxygen atoms in total. The second kappa shape index (κ2) is 7.58. The quantitative estimate of drug-likeness (QED) is 0.457. The molecule has 0 saturated heterocycles. The minimum Gasteiger partial charge on any atom is -0.611 e. The lowest BCUT2D eigenvalue weighted by atomic mass is 10.3. The Morgan fingerprint density at radius 3 is 2.69 bits per heavy atom. The van der Waals surface area contributed by atoms with Crippen molar-refractivity contribution < 1.29 is 17.7 Å².